The van der Waals surface area contributed by atoms with Crippen molar-refractivity contribution in [2.45, 2.75) is 83.5 Å². The normalized spacial score (nSPS) is 19.4. The number of ether oxygens (including phenoxy) is 2. The van der Waals surface area contributed by atoms with Gasteiger partial charge in [0.05, 0.1) is 0 Å². The first-order valence-electron chi connectivity index (χ1n) is 9.61. The van der Waals surface area contributed by atoms with E-state index in [1.54, 1.807) is 20.8 Å². The van der Waals surface area contributed by atoms with Gasteiger partial charge in [-0.3, -0.25) is 14.4 Å². The van der Waals surface area contributed by atoms with E-state index in [1.165, 1.54) is 7.05 Å². The van der Waals surface area contributed by atoms with Crippen LogP contribution in [-0.4, -0.2) is 65.3 Å². The third-order valence-electron chi connectivity index (χ3n) is 4.26. The van der Waals surface area contributed by atoms with E-state index < -0.39 is 17.7 Å². The molecule has 0 aromatic carbocycles. The first kappa shape index (κ1) is 23.7. The molecule has 9 heteroatoms. The van der Waals surface area contributed by atoms with Crippen LogP contribution in [0.15, 0.2) is 0 Å². The molecule has 1 fully saturated rings. The zero-order valence-electron chi connectivity index (χ0n) is 17.2. The SMILES string of the molecule is CN(CC(=O)O)C(=O)CCCC(=O)OC1CCC(NC(=O)OC(C)(C)C)CC1. The number of amides is 2. The Labute approximate surface area is 165 Å². The maximum absolute atomic E-state index is 11.9. The Morgan fingerprint density at radius 3 is 2.21 bits per heavy atom. The molecular weight excluding hydrogens is 368 g/mol. The molecule has 9 nitrogen and oxygen atoms in total. The number of hydrogen-bond acceptors (Lipinski definition) is 6. The van der Waals surface area contributed by atoms with Gasteiger partial charge in [-0.25, -0.2) is 4.79 Å². The molecule has 1 aliphatic rings. The first-order valence-corrected chi connectivity index (χ1v) is 9.61. The summed E-state index contributed by atoms with van der Waals surface area (Å²) < 4.78 is 10.7. The third-order valence-corrected chi connectivity index (χ3v) is 4.26. The molecule has 0 aliphatic heterocycles. The summed E-state index contributed by atoms with van der Waals surface area (Å²) in [5, 5.41) is 11.5. The summed E-state index contributed by atoms with van der Waals surface area (Å²) in [6, 6.07) is 0.00666. The van der Waals surface area contributed by atoms with Crippen molar-refractivity contribution in [1.29, 1.82) is 0 Å². The van der Waals surface area contributed by atoms with Crippen LogP contribution in [-0.2, 0) is 23.9 Å². The van der Waals surface area contributed by atoms with E-state index in [0.29, 0.717) is 32.1 Å². The predicted octanol–water partition coefficient (Wildman–Crippen LogP) is 2.08. The molecule has 1 rings (SSSR count). The molecule has 160 valence electrons. The van der Waals surface area contributed by atoms with Crippen LogP contribution in [0.5, 0.6) is 0 Å². The molecule has 28 heavy (non-hydrogen) atoms. The van der Waals surface area contributed by atoms with Crippen LogP contribution < -0.4 is 5.32 Å². The zero-order valence-corrected chi connectivity index (χ0v) is 17.2. The van der Waals surface area contributed by atoms with Gasteiger partial charge in [0, 0.05) is 25.9 Å². The summed E-state index contributed by atoms with van der Waals surface area (Å²) in [5.74, 6) is -1.76. The molecular formula is C19H32N2O7. The first-order chi connectivity index (χ1) is 13.0. The van der Waals surface area contributed by atoms with Gasteiger partial charge in [0.25, 0.3) is 0 Å². The van der Waals surface area contributed by atoms with Crippen LogP contribution in [0.4, 0.5) is 4.79 Å². The minimum absolute atomic E-state index is 0.00666. The van der Waals surface area contributed by atoms with Crippen molar-refractivity contribution in [3.8, 4) is 0 Å². The summed E-state index contributed by atoms with van der Waals surface area (Å²) in [6.07, 6.45) is 2.63. The van der Waals surface area contributed by atoms with Crippen molar-refractivity contribution < 1.29 is 33.8 Å². The molecule has 2 amide bonds. The van der Waals surface area contributed by atoms with Crippen molar-refractivity contribution in [2.75, 3.05) is 13.6 Å². The third kappa shape index (κ3) is 10.1. The van der Waals surface area contributed by atoms with E-state index in [2.05, 4.69) is 5.32 Å². The van der Waals surface area contributed by atoms with Crippen molar-refractivity contribution in [3.63, 3.8) is 0 Å². The fourth-order valence-electron chi connectivity index (χ4n) is 2.91. The highest BCUT2D eigenvalue weighted by Crippen LogP contribution is 2.22. The Kier molecular flexibility index (Phi) is 9.21. The maximum Gasteiger partial charge on any atom is 0.407 e. The molecule has 0 heterocycles. The number of esters is 1. The molecule has 1 saturated carbocycles. The van der Waals surface area contributed by atoms with Crippen LogP contribution in [0.25, 0.3) is 0 Å². The lowest BCUT2D eigenvalue weighted by Crippen LogP contribution is -2.42. The fraction of sp³-hybridized carbons (Fsp3) is 0.789. The van der Waals surface area contributed by atoms with Gasteiger partial charge in [-0.1, -0.05) is 0 Å². The number of carbonyl (C=O) groups is 4. The Morgan fingerprint density at radius 2 is 1.68 bits per heavy atom. The average Bonchev–Trinajstić information content (AvgIpc) is 2.54. The lowest BCUT2D eigenvalue weighted by molar-refractivity contribution is -0.151. The highest BCUT2D eigenvalue weighted by Gasteiger charge is 2.26. The van der Waals surface area contributed by atoms with Crippen LogP contribution in [0.2, 0.25) is 0 Å². The molecule has 1 aliphatic carbocycles. The molecule has 0 radical (unpaired) electrons. The van der Waals surface area contributed by atoms with E-state index in [-0.39, 0.29) is 43.4 Å². The Balaban J connectivity index is 2.21. The number of nitrogens with zero attached hydrogens (tertiary/aromatic N) is 1. The number of carboxylic acid groups (broad SMARTS) is 1. The maximum atomic E-state index is 11.9. The van der Waals surface area contributed by atoms with Crippen LogP contribution in [0.1, 0.15) is 65.7 Å². The van der Waals surface area contributed by atoms with Crippen molar-refractivity contribution >= 4 is 23.9 Å². The van der Waals surface area contributed by atoms with Gasteiger partial charge in [0.15, 0.2) is 0 Å². The standard InChI is InChI=1S/C19H32N2O7/c1-19(2,3)28-18(26)20-13-8-10-14(11-9-13)27-17(25)7-5-6-15(22)21(4)12-16(23)24/h13-14H,5-12H2,1-4H3,(H,20,26)(H,23,24). The van der Waals surface area contributed by atoms with Gasteiger partial charge in [-0.05, 0) is 52.9 Å². The monoisotopic (exact) mass is 400 g/mol. The van der Waals surface area contributed by atoms with E-state index in [4.69, 9.17) is 14.6 Å². The van der Waals surface area contributed by atoms with Crippen molar-refractivity contribution in [3.05, 3.63) is 0 Å². The van der Waals surface area contributed by atoms with Crippen LogP contribution >= 0.6 is 0 Å². The summed E-state index contributed by atoms with van der Waals surface area (Å²) in [4.78, 5) is 47.1. The number of likely N-dealkylation sites (N-methyl/N-ethyl adjacent to an activating group) is 1. The number of nitrogens with one attached hydrogen (secondary N) is 1. The second kappa shape index (κ2) is 10.9. The quantitative estimate of drug-likeness (QED) is 0.598. The Morgan fingerprint density at radius 1 is 1.07 bits per heavy atom. The number of rotatable bonds is 8. The van der Waals surface area contributed by atoms with Crippen LogP contribution in [0, 0.1) is 0 Å². The van der Waals surface area contributed by atoms with Gasteiger partial charge >= 0.3 is 18.0 Å². The molecule has 0 atom stereocenters. The van der Waals surface area contributed by atoms with E-state index in [9.17, 15) is 19.2 Å². The molecule has 0 aromatic rings. The zero-order chi connectivity index (χ0) is 21.3. The Bertz CT molecular complexity index is 563. The highest BCUT2D eigenvalue weighted by atomic mass is 16.6. The summed E-state index contributed by atoms with van der Waals surface area (Å²) in [6.45, 7) is 5.06. The topological polar surface area (TPSA) is 122 Å². The average molecular weight is 400 g/mol. The molecule has 0 aromatic heterocycles. The van der Waals surface area contributed by atoms with Crippen molar-refractivity contribution in [1.82, 2.24) is 10.2 Å². The van der Waals surface area contributed by atoms with Gasteiger partial charge < -0.3 is 24.8 Å². The summed E-state index contributed by atoms with van der Waals surface area (Å²) >= 11 is 0. The van der Waals surface area contributed by atoms with Gasteiger partial charge in [0.2, 0.25) is 5.91 Å². The number of alkyl carbamates (subject to hydrolysis) is 1. The second-order valence-electron chi connectivity index (χ2n) is 8.11. The highest BCUT2D eigenvalue weighted by molar-refractivity contribution is 5.81. The van der Waals surface area contributed by atoms with Crippen molar-refractivity contribution in [2.24, 2.45) is 0 Å². The van der Waals surface area contributed by atoms with Gasteiger partial charge in [0.1, 0.15) is 18.2 Å². The minimum Gasteiger partial charge on any atom is -0.480 e. The predicted molar refractivity (Wildman–Crippen MR) is 101 cm³/mol. The lowest BCUT2D eigenvalue weighted by Gasteiger charge is -2.29. The van der Waals surface area contributed by atoms with E-state index in [0.717, 1.165) is 4.90 Å². The van der Waals surface area contributed by atoms with E-state index in [1.807, 2.05) is 0 Å². The van der Waals surface area contributed by atoms with Gasteiger partial charge in [-0.2, -0.15) is 0 Å². The Hall–Kier alpha value is -2.32. The minimum atomic E-state index is -1.08. The molecule has 0 bridgehead atoms. The smallest absolute Gasteiger partial charge is 0.407 e. The molecule has 2 N–H and O–H groups in total. The van der Waals surface area contributed by atoms with Crippen LogP contribution in [0.3, 0.4) is 0 Å². The fourth-order valence-corrected chi connectivity index (χ4v) is 2.91. The lowest BCUT2D eigenvalue weighted by atomic mass is 9.93. The number of carboxylic acids is 1. The van der Waals surface area contributed by atoms with E-state index >= 15 is 0 Å². The molecule has 0 saturated heterocycles. The van der Waals surface area contributed by atoms with Gasteiger partial charge in [-0.15, -0.1) is 0 Å². The number of carbonyl (C=O) groups excluding carboxylic acids is 3. The summed E-state index contributed by atoms with van der Waals surface area (Å²) in [7, 11) is 1.42. The number of hydrogen-bond donors (Lipinski definition) is 2. The molecule has 0 spiro atoms. The molecule has 0 unspecified atom stereocenters. The number of aliphatic carboxylic acids is 1. The largest absolute Gasteiger partial charge is 0.480 e. The summed E-state index contributed by atoms with van der Waals surface area (Å²) in [5.41, 5.74) is -0.541. The second-order valence-corrected chi connectivity index (χ2v) is 8.11.